The van der Waals surface area contributed by atoms with Crippen molar-refractivity contribution in [2.75, 3.05) is 6.54 Å². The van der Waals surface area contributed by atoms with E-state index in [2.05, 4.69) is 11.4 Å². The van der Waals surface area contributed by atoms with Gasteiger partial charge in [-0.05, 0) is 13.3 Å². The number of nitrogens with two attached hydrogens (primary N) is 1. The Kier molecular flexibility index (Phi) is 3.47. The second-order valence-corrected chi connectivity index (χ2v) is 5.34. The topological polar surface area (TPSA) is 119 Å². The largest absolute Gasteiger partial charge is 0.391 e. The SMILES string of the molecule is C[C@@H](O)[C@@H](C(N)=O)N1CC2(CCC(=O)N2)C1CC#N. The fraction of sp³-hybridized carbons (Fsp3) is 0.750. The maximum absolute atomic E-state index is 11.4. The minimum absolute atomic E-state index is 0.0322. The molecule has 0 aromatic rings. The molecule has 2 aliphatic heterocycles. The highest BCUT2D eigenvalue weighted by Crippen LogP contribution is 2.40. The van der Waals surface area contributed by atoms with Crippen LogP contribution in [-0.4, -0.2) is 52.1 Å². The first kappa shape index (κ1) is 13.8. The van der Waals surface area contributed by atoms with Crippen LogP contribution in [0.25, 0.3) is 0 Å². The number of primary amides is 1. The first-order valence-corrected chi connectivity index (χ1v) is 6.32. The normalized spacial score (nSPS) is 33.3. The number of hydrogen-bond acceptors (Lipinski definition) is 5. The number of nitrogens with one attached hydrogen (secondary N) is 1. The number of aliphatic hydroxyl groups excluding tert-OH is 1. The van der Waals surface area contributed by atoms with E-state index in [9.17, 15) is 14.7 Å². The molecule has 2 fully saturated rings. The second-order valence-electron chi connectivity index (χ2n) is 5.34. The maximum Gasteiger partial charge on any atom is 0.237 e. The van der Waals surface area contributed by atoms with Crippen molar-refractivity contribution in [2.45, 2.75) is 49.9 Å². The van der Waals surface area contributed by atoms with Gasteiger partial charge >= 0.3 is 0 Å². The van der Waals surface area contributed by atoms with Gasteiger partial charge in [0.1, 0.15) is 6.04 Å². The van der Waals surface area contributed by atoms with Crippen LogP contribution in [-0.2, 0) is 9.59 Å². The molecule has 2 heterocycles. The lowest BCUT2D eigenvalue weighted by atomic mass is 9.75. The van der Waals surface area contributed by atoms with E-state index in [1.54, 1.807) is 4.90 Å². The fourth-order valence-corrected chi connectivity index (χ4v) is 3.22. The number of hydrogen-bond donors (Lipinski definition) is 3. The standard InChI is InChI=1S/C12H18N4O3/c1-7(17)10(11(14)19)16-6-12(8(16)3-5-13)4-2-9(18)15-12/h7-8,10,17H,2-4,6H2,1H3,(H2,14,19)(H,15,18)/t7-,8?,10+,12?/m1/s1. The fourth-order valence-electron chi connectivity index (χ4n) is 3.22. The average molecular weight is 266 g/mol. The number of amides is 2. The van der Waals surface area contributed by atoms with Crippen molar-refractivity contribution < 1.29 is 14.7 Å². The lowest BCUT2D eigenvalue weighted by Gasteiger charge is -2.57. The highest BCUT2D eigenvalue weighted by molar-refractivity contribution is 5.82. The number of aliphatic hydroxyl groups is 1. The first-order valence-electron chi connectivity index (χ1n) is 6.32. The number of carbonyl (C=O) groups is 2. The monoisotopic (exact) mass is 266 g/mol. The Morgan fingerprint density at radius 3 is 2.89 bits per heavy atom. The molecule has 2 aliphatic rings. The summed E-state index contributed by atoms with van der Waals surface area (Å²) in [5.41, 5.74) is 4.87. The Labute approximate surface area is 111 Å². The van der Waals surface area contributed by atoms with E-state index in [-0.39, 0.29) is 18.4 Å². The maximum atomic E-state index is 11.4. The molecule has 2 amide bonds. The molecule has 0 aromatic carbocycles. The zero-order valence-corrected chi connectivity index (χ0v) is 10.8. The molecular formula is C12H18N4O3. The van der Waals surface area contributed by atoms with Gasteiger partial charge in [0, 0.05) is 19.0 Å². The third-order valence-electron chi connectivity index (χ3n) is 4.08. The van der Waals surface area contributed by atoms with Crippen LogP contribution >= 0.6 is 0 Å². The minimum Gasteiger partial charge on any atom is -0.391 e. The molecule has 4 N–H and O–H groups in total. The van der Waals surface area contributed by atoms with Crippen molar-refractivity contribution in [1.82, 2.24) is 10.2 Å². The van der Waals surface area contributed by atoms with Crippen LogP contribution in [0.15, 0.2) is 0 Å². The van der Waals surface area contributed by atoms with E-state index < -0.39 is 23.6 Å². The van der Waals surface area contributed by atoms with Crippen molar-refractivity contribution >= 4 is 11.8 Å². The number of rotatable bonds is 4. The van der Waals surface area contributed by atoms with Gasteiger partial charge in [-0.15, -0.1) is 0 Å². The van der Waals surface area contributed by atoms with Crippen LogP contribution < -0.4 is 11.1 Å². The second kappa shape index (κ2) is 4.79. The molecule has 0 aromatic heterocycles. The zero-order chi connectivity index (χ0) is 14.2. The molecule has 7 nitrogen and oxygen atoms in total. The van der Waals surface area contributed by atoms with Gasteiger partial charge in [-0.25, -0.2) is 0 Å². The molecule has 2 unspecified atom stereocenters. The molecule has 2 rings (SSSR count). The lowest BCUT2D eigenvalue weighted by molar-refractivity contribution is -0.140. The van der Waals surface area contributed by atoms with Crippen molar-refractivity contribution in [2.24, 2.45) is 5.73 Å². The van der Waals surface area contributed by atoms with Gasteiger partial charge in [0.25, 0.3) is 0 Å². The molecule has 1 spiro atoms. The van der Waals surface area contributed by atoms with E-state index in [0.717, 1.165) is 0 Å². The Morgan fingerprint density at radius 2 is 2.47 bits per heavy atom. The van der Waals surface area contributed by atoms with Gasteiger partial charge in [0.15, 0.2) is 0 Å². The summed E-state index contributed by atoms with van der Waals surface area (Å²) >= 11 is 0. The third kappa shape index (κ3) is 2.17. The van der Waals surface area contributed by atoms with Gasteiger partial charge in [-0.1, -0.05) is 0 Å². The van der Waals surface area contributed by atoms with Gasteiger partial charge in [0.2, 0.25) is 11.8 Å². The highest BCUT2D eigenvalue weighted by Gasteiger charge is 2.58. The summed E-state index contributed by atoms with van der Waals surface area (Å²) in [5, 5.41) is 21.5. The van der Waals surface area contributed by atoms with E-state index in [1.807, 2.05) is 0 Å². The zero-order valence-electron chi connectivity index (χ0n) is 10.8. The number of carbonyl (C=O) groups excluding carboxylic acids is 2. The molecule has 104 valence electrons. The average Bonchev–Trinajstić information content (AvgIpc) is 2.69. The molecule has 0 radical (unpaired) electrons. The van der Waals surface area contributed by atoms with Gasteiger partial charge in [-0.2, -0.15) is 5.26 Å². The van der Waals surface area contributed by atoms with Crippen LogP contribution in [0.1, 0.15) is 26.2 Å². The summed E-state index contributed by atoms with van der Waals surface area (Å²) in [6.07, 6.45) is 0.371. The lowest BCUT2D eigenvalue weighted by Crippen LogP contribution is -2.78. The van der Waals surface area contributed by atoms with Gasteiger partial charge in [0.05, 0.1) is 24.1 Å². The van der Waals surface area contributed by atoms with Crippen molar-refractivity contribution in [3.05, 3.63) is 0 Å². The quantitative estimate of drug-likeness (QED) is 0.570. The van der Waals surface area contributed by atoms with Gasteiger partial charge in [-0.3, -0.25) is 14.5 Å². The Hall–Kier alpha value is -1.65. The molecule has 0 saturated carbocycles. The van der Waals surface area contributed by atoms with Crippen molar-refractivity contribution in [3.8, 4) is 6.07 Å². The Morgan fingerprint density at radius 1 is 1.79 bits per heavy atom. The van der Waals surface area contributed by atoms with Gasteiger partial charge < -0.3 is 16.2 Å². The van der Waals surface area contributed by atoms with Crippen molar-refractivity contribution in [1.29, 1.82) is 5.26 Å². The molecule has 7 heteroatoms. The van der Waals surface area contributed by atoms with E-state index in [1.165, 1.54) is 6.92 Å². The minimum atomic E-state index is -0.909. The molecule has 0 bridgehead atoms. The Balaban J connectivity index is 2.18. The number of nitrogens with zero attached hydrogens (tertiary/aromatic N) is 2. The molecular weight excluding hydrogens is 248 g/mol. The molecule has 4 atom stereocenters. The van der Waals surface area contributed by atoms with E-state index in [4.69, 9.17) is 11.0 Å². The first-order chi connectivity index (χ1) is 8.91. The van der Waals surface area contributed by atoms with Crippen LogP contribution in [0.5, 0.6) is 0 Å². The summed E-state index contributed by atoms with van der Waals surface area (Å²) in [4.78, 5) is 24.6. The van der Waals surface area contributed by atoms with E-state index in [0.29, 0.717) is 19.4 Å². The van der Waals surface area contributed by atoms with Crippen LogP contribution in [0.4, 0.5) is 0 Å². The summed E-state index contributed by atoms with van der Waals surface area (Å²) in [5.74, 6) is -0.646. The molecule has 19 heavy (non-hydrogen) atoms. The summed E-state index contributed by atoms with van der Waals surface area (Å²) < 4.78 is 0. The van der Waals surface area contributed by atoms with Crippen molar-refractivity contribution in [3.63, 3.8) is 0 Å². The van der Waals surface area contributed by atoms with Crippen LogP contribution in [0, 0.1) is 11.3 Å². The summed E-state index contributed by atoms with van der Waals surface area (Å²) in [6.45, 7) is 1.95. The van der Waals surface area contributed by atoms with Crippen LogP contribution in [0.2, 0.25) is 0 Å². The highest BCUT2D eigenvalue weighted by atomic mass is 16.3. The number of likely N-dealkylation sites (tertiary alicyclic amines) is 1. The number of nitriles is 1. The van der Waals surface area contributed by atoms with E-state index >= 15 is 0 Å². The predicted molar refractivity (Wildman–Crippen MR) is 65.5 cm³/mol. The Bertz CT molecular complexity index is 445. The summed E-state index contributed by atoms with van der Waals surface area (Å²) in [6, 6.07) is 0.986. The summed E-state index contributed by atoms with van der Waals surface area (Å²) in [7, 11) is 0. The van der Waals surface area contributed by atoms with Crippen LogP contribution in [0.3, 0.4) is 0 Å². The molecule has 2 saturated heterocycles. The smallest absolute Gasteiger partial charge is 0.237 e. The predicted octanol–water partition coefficient (Wildman–Crippen LogP) is -1.53. The third-order valence-corrected chi connectivity index (χ3v) is 4.08. The molecule has 0 aliphatic carbocycles.